The second-order valence-electron chi connectivity index (χ2n) is 6.41. The third-order valence-corrected chi connectivity index (χ3v) is 5.20. The third kappa shape index (κ3) is 4.48. The lowest BCUT2D eigenvalue weighted by molar-refractivity contribution is 0.453. The van der Waals surface area contributed by atoms with Crippen LogP contribution in [-0.2, 0) is 0 Å². The molecule has 0 aliphatic rings. The molecule has 0 unspecified atom stereocenters. The van der Waals surface area contributed by atoms with Crippen LogP contribution >= 0.6 is 35.0 Å². The second-order valence-corrected chi connectivity index (χ2v) is 7.97. The van der Waals surface area contributed by atoms with Gasteiger partial charge < -0.3 is 4.74 Å². The molecular weight excluding hydrogens is 419 g/mol. The number of ether oxygens (including phenoxy) is 1. The molecule has 0 amide bonds. The van der Waals surface area contributed by atoms with Gasteiger partial charge in [0, 0.05) is 6.07 Å². The SMILES string of the molecule is CSc1nc(Oc2cc(C)cc(C(C)C)c2)cc(-n2ncc(Cl)c(Cl)c2=O)n1. The van der Waals surface area contributed by atoms with E-state index in [9.17, 15) is 4.79 Å². The van der Waals surface area contributed by atoms with Gasteiger partial charge in [-0.1, -0.05) is 54.9 Å². The Labute approximate surface area is 176 Å². The van der Waals surface area contributed by atoms with Crippen LogP contribution in [0.25, 0.3) is 5.82 Å². The smallest absolute Gasteiger partial charge is 0.293 e. The highest BCUT2D eigenvalue weighted by Gasteiger charge is 2.14. The van der Waals surface area contributed by atoms with Crippen LogP contribution in [0.4, 0.5) is 0 Å². The van der Waals surface area contributed by atoms with Crippen LogP contribution in [0.1, 0.15) is 30.9 Å². The van der Waals surface area contributed by atoms with Crippen molar-refractivity contribution >= 4 is 35.0 Å². The van der Waals surface area contributed by atoms with Crippen molar-refractivity contribution in [1.82, 2.24) is 19.7 Å². The molecule has 0 aliphatic carbocycles. The van der Waals surface area contributed by atoms with E-state index >= 15 is 0 Å². The molecule has 0 bridgehead atoms. The summed E-state index contributed by atoms with van der Waals surface area (Å²) in [6.07, 6.45) is 3.12. The molecule has 0 aliphatic heterocycles. The number of hydrogen-bond acceptors (Lipinski definition) is 6. The largest absolute Gasteiger partial charge is 0.439 e. The van der Waals surface area contributed by atoms with Gasteiger partial charge in [0.25, 0.3) is 5.56 Å². The van der Waals surface area contributed by atoms with E-state index in [4.69, 9.17) is 27.9 Å². The minimum absolute atomic E-state index is 0.0829. The van der Waals surface area contributed by atoms with Gasteiger partial charge in [0.05, 0.1) is 11.2 Å². The molecule has 1 aromatic carbocycles. The Balaban J connectivity index is 2.06. The Morgan fingerprint density at radius 1 is 1.14 bits per heavy atom. The van der Waals surface area contributed by atoms with Gasteiger partial charge in [0.1, 0.15) is 10.8 Å². The van der Waals surface area contributed by atoms with Crippen molar-refractivity contribution in [2.24, 2.45) is 0 Å². The lowest BCUT2D eigenvalue weighted by Crippen LogP contribution is -2.22. The van der Waals surface area contributed by atoms with Crippen molar-refractivity contribution in [2.45, 2.75) is 31.8 Å². The summed E-state index contributed by atoms with van der Waals surface area (Å²) in [5.74, 6) is 1.57. The van der Waals surface area contributed by atoms with E-state index < -0.39 is 5.56 Å². The zero-order chi connectivity index (χ0) is 20.4. The first kappa shape index (κ1) is 20.6. The summed E-state index contributed by atoms with van der Waals surface area (Å²) >= 11 is 13.1. The number of aryl methyl sites for hydroxylation is 1. The summed E-state index contributed by atoms with van der Waals surface area (Å²) in [7, 11) is 0. The Morgan fingerprint density at radius 2 is 1.89 bits per heavy atom. The predicted molar refractivity (Wildman–Crippen MR) is 113 cm³/mol. The molecule has 0 saturated heterocycles. The fourth-order valence-electron chi connectivity index (χ4n) is 2.51. The van der Waals surface area contributed by atoms with E-state index in [1.54, 1.807) is 0 Å². The summed E-state index contributed by atoms with van der Waals surface area (Å²) in [4.78, 5) is 21.1. The molecule has 0 radical (unpaired) electrons. The van der Waals surface area contributed by atoms with Gasteiger partial charge >= 0.3 is 0 Å². The quantitative estimate of drug-likeness (QED) is 0.400. The van der Waals surface area contributed by atoms with Crippen LogP contribution in [-0.4, -0.2) is 26.0 Å². The van der Waals surface area contributed by atoms with Crippen LogP contribution in [0.2, 0.25) is 10.0 Å². The van der Waals surface area contributed by atoms with Gasteiger partial charge in [-0.2, -0.15) is 14.8 Å². The summed E-state index contributed by atoms with van der Waals surface area (Å²) in [5.41, 5.74) is 1.68. The van der Waals surface area contributed by atoms with E-state index in [1.807, 2.05) is 25.3 Å². The van der Waals surface area contributed by atoms with Crippen LogP contribution in [0.5, 0.6) is 11.6 Å². The fraction of sp³-hybridized carbons (Fsp3) is 0.263. The molecule has 2 aromatic heterocycles. The first-order valence-electron chi connectivity index (χ1n) is 8.44. The number of nitrogens with zero attached hydrogens (tertiary/aromatic N) is 4. The van der Waals surface area contributed by atoms with Gasteiger partial charge in [-0.25, -0.2) is 4.98 Å². The number of hydrogen-bond donors (Lipinski definition) is 0. The molecule has 6 nitrogen and oxygen atoms in total. The fourth-order valence-corrected chi connectivity index (χ4v) is 3.13. The van der Waals surface area contributed by atoms with E-state index in [1.165, 1.54) is 24.0 Å². The Bertz CT molecular complexity index is 1090. The molecule has 0 atom stereocenters. The molecule has 9 heteroatoms. The maximum atomic E-state index is 12.4. The topological polar surface area (TPSA) is 69.9 Å². The number of rotatable bonds is 5. The number of thioether (sulfide) groups is 1. The van der Waals surface area contributed by atoms with Gasteiger partial charge in [0.15, 0.2) is 11.0 Å². The van der Waals surface area contributed by atoms with E-state index in [2.05, 4.69) is 35.0 Å². The highest BCUT2D eigenvalue weighted by atomic mass is 35.5. The normalized spacial score (nSPS) is 11.1. The molecule has 28 heavy (non-hydrogen) atoms. The molecule has 3 aromatic rings. The maximum Gasteiger partial charge on any atom is 0.293 e. The molecule has 0 spiro atoms. The van der Waals surface area contributed by atoms with Crippen LogP contribution in [0.15, 0.2) is 40.4 Å². The number of aromatic nitrogens is 4. The van der Waals surface area contributed by atoms with Crippen LogP contribution in [0.3, 0.4) is 0 Å². The summed E-state index contributed by atoms with van der Waals surface area (Å²) in [6.45, 7) is 6.25. The van der Waals surface area contributed by atoms with Gasteiger partial charge in [0.2, 0.25) is 5.88 Å². The van der Waals surface area contributed by atoms with Crippen molar-refractivity contribution in [1.29, 1.82) is 0 Å². The van der Waals surface area contributed by atoms with E-state index in [-0.39, 0.29) is 15.9 Å². The lowest BCUT2D eigenvalue weighted by atomic mass is 10.0. The first-order chi connectivity index (χ1) is 13.3. The molecule has 0 N–H and O–H groups in total. The number of halogens is 2. The highest BCUT2D eigenvalue weighted by Crippen LogP contribution is 2.28. The van der Waals surface area contributed by atoms with Crippen molar-refractivity contribution in [3.63, 3.8) is 0 Å². The minimum Gasteiger partial charge on any atom is -0.439 e. The first-order valence-corrected chi connectivity index (χ1v) is 10.4. The van der Waals surface area contributed by atoms with E-state index in [0.717, 1.165) is 15.8 Å². The Kier molecular flexibility index (Phi) is 6.27. The third-order valence-electron chi connectivity index (χ3n) is 3.91. The zero-order valence-corrected chi connectivity index (χ0v) is 18.1. The summed E-state index contributed by atoms with van der Waals surface area (Å²) in [6, 6.07) is 7.56. The molecule has 2 heterocycles. The van der Waals surface area contributed by atoms with Crippen molar-refractivity contribution in [3.05, 3.63) is 62.0 Å². The van der Waals surface area contributed by atoms with Crippen LogP contribution in [0, 0.1) is 6.92 Å². The highest BCUT2D eigenvalue weighted by molar-refractivity contribution is 7.98. The van der Waals surface area contributed by atoms with Gasteiger partial charge in [-0.15, -0.1) is 0 Å². The van der Waals surface area contributed by atoms with Crippen molar-refractivity contribution in [3.8, 4) is 17.4 Å². The summed E-state index contributed by atoms with van der Waals surface area (Å²) in [5, 5.41) is 4.41. The van der Waals surface area contributed by atoms with Crippen molar-refractivity contribution in [2.75, 3.05) is 6.26 Å². The average molecular weight is 437 g/mol. The standard InChI is InChI=1S/C19H18Cl2N4O2S/c1-10(2)12-5-11(3)6-13(7-12)27-16-8-15(23-19(24-16)28-4)25-18(26)17(21)14(20)9-22-25/h5-10H,1-4H3. The minimum atomic E-state index is -0.566. The monoisotopic (exact) mass is 436 g/mol. The van der Waals surface area contributed by atoms with Crippen LogP contribution < -0.4 is 10.3 Å². The zero-order valence-electron chi connectivity index (χ0n) is 15.7. The summed E-state index contributed by atoms with van der Waals surface area (Å²) < 4.78 is 7.05. The van der Waals surface area contributed by atoms with E-state index in [0.29, 0.717) is 22.7 Å². The molecule has 0 fully saturated rings. The molecule has 3 rings (SSSR count). The van der Waals surface area contributed by atoms with Gasteiger partial charge in [-0.3, -0.25) is 4.79 Å². The average Bonchev–Trinajstić information content (AvgIpc) is 2.65. The van der Waals surface area contributed by atoms with Gasteiger partial charge in [-0.05, 0) is 42.4 Å². The molecule has 146 valence electrons. The molecule has 0 saturated carbocycles. The Morgan fingerprint density at radius 3 is 2.57 bits per heavy atom. The lowest BCUT2D eigenvalue weighted by Gasteiger charge is -2.12. The maximum absolute atomic E-state index is 12.4. The predicted octanol–water partition coefficient (Wildman–Crippen LogP) is 5.28. The number of benzene rings is 1. The Hall–Kier alpha value is -2.09. The molecular formula is C19H18Cl2N4O2S. The van der Waals surface area contributed by atoms with Crippen molar-refractivity contribution < 1.29 is 4.74 Å². The second kappa shape index (κ2) is 8.51.